The predicted molar refractivity (Wildman–Crippen MR) is 60.2 cm³/mol. The zero-order valence-electron chi connectivity index (χ0n) is 9.92. The van der Waals surface area contributed by atoms with Crippen molar-refractivity contribution >= 4 is 5.91 Å². The van der Waals surface area contributed by atoms with Crippen molar-refractivity contribution in [3.05, 3.63) is 0 Å². The summed E-state index contributed by atoms with van der Waals surface area (Å²) in [7, 11) is 0. The van der Waals surface area contributed by atoms with Gasteiger partial charge in [-0.2, -0.15) is 5.26 Å². The van der Waals surface area contributed by atoms with Crippen LogP contribution in [0.5, 0.6) is 0 Å². The van der Waals surface area contributed by atoms with Crippen molar-refractivity contribution in [1.29, 1.82) is 5.26 Å². The van der Waals surface area contributed by atoms with Gasteiger partial charge in [-0.25, -0.2) is 0 Å². The maximum Gasteiger partial charge on any atom is 0.223 e. The molecule has 0 rings (SSSR count). The van der Waals surface area contributed by atoms with E-state index in [1.54, 1.807) is 4.90 Å². The smallest absolute Gasteiger partial charge is 0.223 e. The summed E-state index contributed by atoms with van der Waals surface area (Å²) in [5.41, 5.74) is 0. The highest BCUT2D eigenvalue weighted by Crippen LogP contribution is 1.94. The van der Waals surface area contributed by atoms with E-state index in [0.29, 0.717) is 13.0 Å². The highest BCUT2D eigenvalue weighted by molar-refractivity contribution is 5.76. The molecule has 4 heteroatoms. The summed E-state index contributed by atoms with van der Waals surface area (Å²) >= 11 is 0. The number of amides is 1. The Bertz CT molecular complexity index is 218. The van der Waals surface area contributed by atoms with E-state index in [2.05, 4.69) is 11.4 Å². The molecule has 1 N–H and O–H groups in total. The van der Waals surface area contributed by atoms with Crippen molar-refractivity contribution in [2.75, 3.05) is 19.6 Å². The van der Waals surface area contributed by atoms with Crippen LogP contribution >= 0.6 is 0 Å². The Labute approximate surface area is 92.3 Å². The van der Waals surface area contributed by atoms with E-state index in [0.717, 1.165) is 19.5 Å². The molecule has 86 valence electrons. The van der Waals surface area contributed by atoms with Crippen molar-refractivity contribution in [2.45, 2.75) is 39.7 Å². The minimum atomic E-state index is -0.130. The third kappa shape index (κ3) is 5.38. The molecule has 1 unspecified atom stereocenters. The summed E-state index contributed by atoms with van der Waals surface area (Å²) in [4.78, 5) is 13.4. The van der Waals surface area contributed by atoms with Crippen LogP contribution in [0.3, 0.4) is 0 Å². The fourth-order valence-electron chi connectivity index (χ4n) is 1.37. The van der Waals surface area contributed by atoms with E-state index in [9.17, 15) is 4.79 Å². The zero-order chi connectivity index (χ0) is 11.7. The molecule has 0 saturated heterocycles. The number of rotatable bonds is 7. The van der Waals surface area contributed by atoms with Gasteiger partial charge in [-0.15, -0.1) is 0 Å². The van der Waals surface area contributed by atoms with Crippen molar-refractivity contribution < 1.29 is 4.79 Å². The molecule has 0 heterocycles. The van der Waals surface area contributed by atoms with Gasteiger partial charge in [-0.05, 0) is 20.3 Å². The van der Waals surface area contributed by atoms with Gasteiger partial charge in [0.1, 0.15) is 0 Å². The van der Waals surface area contributed by atoms with E-state index < -0.39 is 0 Å². The third-order valence-corrected chi connectivity index (χ3v) is 2.41. The molecule has 0 aromatic rings. The van der Waals surface area contributed by atoms with E-state index in [4.69, 9.17) is 5.26 Å². The van der Waals surface area contributed by atoms with Crippen molar-refractivity contribution in [2.24, 2.45) is 0 Å². The van der Waals surface area contributed by atoms with Crippen molar-refractivity contribution in [3.63, 3.8) is 0 Å². The maximum atomic E-state index is 11.6. The van der Waals surface area contributed by atoms with Gasteiger partial charge in [0.25, 0.3) is 0 Å². The Hall–Kier alpha value is -1.08. The Morgan fingerprint density at radius 2 is 2.00 bits per heavy atom. The third-order valence-electron chi connectivity index (χ3n) is 2.41. The van der Waals surface area contributed by atoms with Gasteiger partial charge in [0.2, 0.25) is 5.91 Å². The Morgan fingerprint density at radius 1 is 1.40 bits per heavy atom. The van der Waals surface area contributed by atoms with Crippen LogP contribution in [0.4, 0.5) is 0 Å². The van der Waals surface area contributed by atoms with Gasteiger partial charge in [0.05, 0.1) is 12.1 Å². The summed E-state index contributed by atoms with van der Waals surface area (Å²) in [6, 6.07) is 2.02. The lowest BCUT2D eigenvalue weighted by atomic mass is 10.2. The maximum absolute atomic E-state index is 11.6. The molecule has 0 bridgehead atoms. The van der Waals surface area contributed by atoms with E-state index in [1.165, 1.54) is 0 Å². The van der Waals surface area contributed by atoms with Gasteiger partial charge in [-0.1, -0.05) is 6.92 Å². The molecule has 1 amide bonds. The molecule has 0 fully saturated rings. The van der Waals surface area contributed by atoms with E-state index >= 15 is 0 Å². The van der Waals surface area contributed by atoms with Crippen LogP contribution in [0.25, 0.3) is 0 Å². The highest BCUT2D eigenvalue weighted by Gasteiger charge is 2.09. The van der Waals surface area contributed by atoms with Crippen LogP contribution in [0.2, 0.25) is 0 Å². The number of carbonyl (C=O) groups is 1. The summed E-state index contributed by atoms with van der Waals surface area (Å²) in [5, 5.41) is 11.7. The SMILES string of the molecule is CCC(C#N)NCCC(=O)N(CC)CC. The summed E-state index contributed by atoms with van der Waals surface area (Å²) in [6.07, 6.45) is 1.25. The second-order valence-corrected chi connectivity index (χ2v) is 3.36. The van der Waals surface area contributed by atoms with Crippen molar-refractivity contribution in [3.8, 4) is 6.07 Å². The van der Waals surface area contributed by atoms with Gasteiger partial charge in [0.15, 0.2) is 0 Å². The van der Waals surface area contributed by atoms with Crippen LogP contribution in [0, 0.1) is 11.3 Å². The Balaban J connectivity index is 3.76. The summed E-state index contributed by atoms with van der Waals surface area (Å²) in [5.74, 6) is 0.153. The molecule has 15 heavy (non-hydrogen) atoms. The molecule has 0 radical (unpaired) electrons. The van der Waals surface area contributed by atoms with Gasteiger partial charge < -0.3 is 10.2 Å². The number of carbonyl (C=O) groups excluding carboxylic acids is 1. The average molecular weight is 211 g/mol. The largest absolute Gasteiger partial charge is 0.343 e. The van der Waals surface area contributed by atoms with Gasteiger partial charge >= 0.3 is 0 Å². The minimum absolute atomic E-state index is 0.130. The monoisotopic (exact) mass is 211 g/mol. The second-order valence-electron chi connectivity index (χ2n) is 3.36. The second kappa shape index (κ2) is 8.25. The summed E-state index contributed by atoms with van der Waals surface area (Å²) in [6.45, 7) is 7.99. The number of nitriles is 1. The molecule has 0 aromatic heterocycles. The molecular formula is C11H21N3O. The molecule has 0 saturated carbocycles. The lowest BCUT2D eigenvalue weighted by molar-refractivity contribution is -0.130. The molecule has 0 spiro atoms. The fraction of sp³-hybridized carbons (Fsp3) is 0.818. The quantitative estimate of drug-likeness (QED) is 0.687. The first kappa shape index (κ1) is 13.9. The standard InChI is InChI=1S/C11H21N3O/c1-4-10(9-12)13-8-7-11(15)14(5-2)6-3/h10,13H,4-8H2,1-3H3. The number of hydrogen-bond acceptors (Lipinski definition) is 3. The lowest BCUT2D eigenvalue weighted by Crippen LogP contribution is -2.35. The molecule has 0 aliphatic heterocycles. The summed E-state index contributed by atoms with van der Waals surface area (Å²) < 4.78 is 0. The predicted octanol–water partition coefficient (Wildman–Crippen LogP) is 1.14. The highest BCUT2D eigenvalue weighted by atomic mass is 16.2. The average Bonchev–Trinajstić information content (AvgIpc) is 2.26. The number of hydrogen-bond donors (Lipinski definition) is 1. The molecule has 4 nitrogen and oxygen atoms in total. The normalized spacial score (nSPS) is 11.9. The first-order chi connectivity index (χ1) is 7.19. The van der Waals surface area contributed by atoms with E-state index in [1.807, 2.05) is 20.8 Å². The van der Waals surface area contributed by atoms with Crippen molar-refractivity contribution in [1.82, 2.24) is 10.2 Å². The van der Waals surface area contributed by atoms with Crippen LogP contribution in [0.15, 0.2) is 0 Å². The van der Waals surface area contributed by atoms with Gasteiger partial charge in [-0.3, -0.25) is 4.79 Å². The van der Waals surface area contributed by atoms with Crippen LogP contribution in [-0.2, 0) is 4.79 Å². The molecule has 1 atom stereocenters. The molecule has 0 aromatic carbocycles. The minimum Gasteiger partial charge on any atom is -0.343 e. The first-order valence-corrected chi connectivity index (χ1v) is 5.60. The Morgan fingerprint density at radius 3 is 2.40 bits per heavy atom. The topological polar surface area (TPSA) is 56.1 Å². The number of nitrogens with one attached hydrogen (secondary N) is 1. The molecular weight excluding hydrogens is 190 g/mol. The fourth-order valence-corrected chi connectivity index (χ4v) is 1.37. The lowest BCUT2D eigenvalue weighted by Gasteiger charge is -2.19. The van der Waals surface area contributed by atoms with Crippen LogP contribution < -0.4 is 5.32 Å². The van der Waals surface area contributed by atoms with Crippen LogP contribution in [0.1, 0.15) is 33.6 Å². The first-order valence-electron chi connectivity index (χ1n) is 5.60. The van der Waals surface area contributed by atoms with E-state index in [-0.39, 0.29) is 11.9 Å². The zero-order valence-corrected chi connectivity index (χ0v) is 9.92. The number of nitrogens with zero attached hydrogens (tertiary/aromatic N) is 2. The van der Waals surface area contributed by atoms with Gasteiger partial charge in [0, 0.05) is 26.1 Å². The molecule has 0 aliphatic rings. The van der Waals surface area contributed by atoms with Crippen LogP contribution in [-0.4, -0.2) is 36.5 Å². The Kier molecular flexibility index (Phi) is 7.65. The molecule has 0 aliphatic carbocycles.